The molecular weight excluding hydrogens is 360 g/mol. The lowest BCUT2D eigenvalue weighted by Crippen LogP contribution is -2.19. The summed E-state index contributed by atoms with van der Waals surface area (Å²) in [6.45, 7) is 1.91. The number of nitriles is 1. The molecule has 4 rings (SSSR count). The molecule has 1 fully saturated rings. The SMILES string of the molecule is N#Cc1c(N=Cc2cc([N+](=O)[O-])ccc2N2CCCC2)sc2c1CCCC2. The highest BCUT2D eigenvalue weighted by atomic mass is 32.1. The van der Waals surface area contributed by atoms with Crippen molar-refractivity contribution in [3.63, 3.8) is 0 Å². The van der Waals surface area contributed by atoms with Gasteiger partial charge in [-0.15, -0.1) is 11.3 Å². The summed E-state index contributed by atoms with van der Waals surface area (Å²) in [6, 6.07) is 7.26. The summed E-state index contributed by atoms with van der Waals surface area (Å²) in [6.07, 6.45) is 8.18. The Morgan fingerprint density at radius 2 is 2.00 bits per heavy atom. The lowest BCUT2D eigenvalue weighted by atomic mass is 9.96. The number of rotatable bonds is 4. The summed E-state index contributed by atoms with van der Waals surface area (Å²) in [5.74, 6) is 0. The molecule has 2 aromatic rings. The molecule has 7 heteroatoms. The first kappa shape index (κ1) is 17.7. The predicted octanol–water partition coefficient (Wildman–Crippen LogP) is 4.76. The molecule has 0 bridgehead atoms. The van der Waals surface area contributed by atoms with Gasteiger partial charge in [-0.3, -0.25) is 10.1 Å². The van der Waals surface area contributed by atoms with Crippen molar-refractivity contribution in [1.29, 1.82) is 5.26 Å². The van der Waals surface area contributed by atoms with Crippen molar-refractivity contribution >= 4 is 33.9 Å². The zero-order valence-corrected chi connectivity index (χ0v) is 15.8. The topological polar surface area (TPSA) is 82.5 Å². The van der Waals surface area contributed by atoms with Crippen LogP contribution in [0, 0.1) is 21.4 Å². The molecule has 138 valence electrons. The number of thiophene rings is 1. The summed E-state index contributed by atoms with van der Waals surface area (Å²) in [7, 11) is 0. The molecule has 0 saturated carbocycles. The van der Waals surface area contributed by atoms with Gasteiger partial charge in [-0.05, 0) is 50.2 Å². The number of nitro benzene ring substituents is 1. The van der Waals surface area contributed by atoms with E-state index in [9.17, 15) is 15.4 Å². The van der Waals surface area contributed by atoms with Crippen LogP contribution in [-0.2, 0) is 12.8 Å². The third-order valence-electron chi connectivity index (χ3n) is 5.25. The van der Waals surface area contributed by atoms with Gasteiger partial charge >= 0.3 is 0 Å². The number of anilines is 1. The van der Waals surface area contributed by atoms with Gasteiger partial charge in [0.1, 0.15) is 11.1 Å². The van der Waals surface area contributed by atoms with E-state index in [4.69, 9.17) is 0 Å². The van der Waals surface area contributed by atoms with E-state index in [1.54, 1.807) is 29.7 Å². The van der Waals surface area contributed by atoms with E-state index in [0.29, 0.717) is 5.56 Å². The number of benzene rings is 1. The molecule has 0 spiro atoms. The number of hydrogen-bond acceptors (Lipinski definition) is 6. The van der Waals surface area contributed by atoms with Gasteiger partial charge in [0.15, 0.2) is 0 Å². The van der Waals surface area contributed by atoms with Crippen molar-refractivity contribution in [3.8, 4) is 6.07 Å². The van der Waals surface area contributed by atoms with Crippen LogP contribution < -0.4 is 4.90 Å². The minimum absolute atomic E-state index is 0.0605. The van der Waals surface area contributed by atoms with Crippen LogP contribution in [0.5, 0.6) is 0 Å². The van der Waals surface area contributed by atoms with Gasteiger partial charge in [-0.1, -0.05) is 0 Å². The third kappa shape index (κ3) is 3.45. The molecule has 0 unspecified atom stereocenters. The number of aliphatic imine (C=N–C) groups is 1. The van der Waals surface area contributed by atoms with Gasteiger partial charge in [0.05, 0.1) is 10.5 Å². The number of non-ortho nitro benzene ring substituents is 1. The minimum Gasteiger partial charge on any atom is -0.371 e. The summed E-state index contributed by atoms with van der Waals surface area (Å²) >= 11 is 1.59. The van der Waals surface area contributed by atoms with E-state index in [0.717, 1.165) is 73.4 Å². The van der Waals surface area contributed by atoms with E-state index in [2.05, 4.69) is 16.0 Å². The Kier molecular flexibility index (Phi) is 4.90. The van der Waals surface area contributed by atoms with Crippen LogP contribution in [0.1, 0.15) is 47.3 Å². The third-order valence-corrected chi connectivity index (χ3v) is 6.45. The molecule has 1 saturated heterocycles. The number of nitrogens with zero attached hydrogens (tertiary/aromatic N) is 4. The van der Waals surface area contributed by atoms with Crippen molar-refractivity contribution in [3.05, 3.63) is 49.9 Å². The average molecular weight is 380 g/mol. The monoisotopic (exact) mass is 380 g/mol. The fraction of sp³-hybridized carbons (Fsp3) is 0.400. The molecule has 2 aliphatic rings. The fourth-order valence-electron chi connectivity index (χ4n) is 3.89. The van der Waals surface area contributed by atoms with Crippen LogP contribution in [0.3, 0.4) is 0 Å². The molecule has 6 nitrogen and oxygen atoms in total. The smallest absolute Gasteiger partial charge is 0.270 e. The van der Waals surface area contributed by atoms with Crippen LogP contribution in [-0.4, -0.2) is 24.2 Å². The maximum atomic E-state index is 11.2. The normalized spacial score (nSPS) is 16.5. The van der Waals surface area contributed by atoms with Gasteiger partial charge < -0.3 is 4.90 Å². The van der Waals surface area contributed by atoms with Gasteiger partial charge in [0.25, 0.3) is 5.69 Å². The van der Waals surface area contributed by atoms with Gasteiger partial charge in [-0.2, -0.15) is 5.26 Å². The molecule has 0 N–H and O–H groups in total. The van der Waals surface area contributed by atoms with Crippen LogP contribution in [0.4, 0.5) is 16.4 Å². The van der Waals surface area contributed by atoms with Gasteiger partial charge in [-0.25, -0.2) is 4.99 Å². The highest BCUT2D eigenvalue weighted by Gasteiger charge is 2.21. The Bertz CT molecular complexity index is 952. The zero-order chi connectivity index (χ0) is 18.8. The van der Waals surface area contributed by atoms with Gasteiger partial charge in [0.2, 0.25) is 0 Å². The fourth-order valence-corrected chi connectivity index (χ4v) is 5.07. The van der Waals surface area contributed by atoms with Crippen LogP contribution in [0.2, 0.25) is 0 Å². The molecule has 0 radical (unpaired) electrons. The highest BCUT2D eigenvalue weighted by Crippen LogP contribution is 2.39. The second kappa shape index (κ2) is 7.49. The molecule has 1 aliphatic carbocycles. The highest BCUT2D eigenvalue weighted by molar-refractivity contribution is 7.16. The Hall–Kier alpha value is -2.72. The maximum absolute atomic E-state index is 11.2. The van der Waals surface area contributed by atoms with Crippen molar-refractivity contribution in [2.24, 2.45) is 4.99 Å². The number of nitro groups is 1. The molecule has 1 aromatic heterocycles. The second-order valence-corrected chi connectivity index (χ2v) is 8.04. The number of fused-ring (bicyclic) bond motifs is 1. The van der Waals surface area contributed by atoms with E-state index in [1.807, 2.05) is 6.07 Å². The Morgan fingerprint density at radius 3 is 2.74 bits per heavy atom. The predicted molar refractivity (Wildman–Crippen MR) is 107 cm³/mol. The van der Waals surface area contributed by atoms with E-state index in [-0.39, 0.29) is 10.6 Å². The number of hydrogen-bond donors (Lipinski definition) is 0. The summed E-state index contributed by atoms with van der Waals surface area (Å²) in [4.78, 5) is 18.9. The molecular formula is C20H20N4O2S. The summed E-state index contributed by atoms with van der Waals surface area (Å²) in [5.41, 5.74) is 3.60. The van der Waals surface area contributed by atoms with Crippen molar-refractivity contribution in [1.82, 2.24) is 0 Å². The first-order valence-electron chi connectivity index (χ1n) is 9.29. The van der Waals surface area contributed by atoms with Crippen molar-refractivity contribution < 1.29 is 4.92 Å². The Balaban J connectivity index is 1.73. The van der Waals surface area contributed by atoms with E-state index in [1.165, 1.54) is 4.88 Å². The van der Waals surface area contributed by atoms with Gasteiger partial charge in [0, 0.05) is 47.6 Å². The summed E-state index contributed by atoms with van der Waals surface area (Å²) < 4.78 is 0. The quantitative estimate of drug-likeness (QED) is 0.435. The zero-order valence-electron chi connectivity index (χ0n) is 15.0. The molecule has 2 heterocycles. The minimum atomic E-state index is -0.379. The van der Waals surface area contributed by atoms with Crippen LogP contribution in [0.15, 0.2) is 23.2 Å². The van der Waals surface area contributed by atoms with E-state index >= 15 is 0 Å². The maximum Gasteiger partial charge on any atom is 0.270 e. The lowest BCUT2D eigenvalue weighted by molar-refractivity contribution is -0.384. The van der Waals surface area contributed by atoms with Crippen molar-refractivity contribution in [2.75, 3.05) is 18.0 Å². The average Bonchev–Trinajstić information content (AvgIpc) is 3.33. The molecule has 0 amide bonds. The van der Waals surface area contributed by atoms with Crippen LogP contribution >= 0.6 is 11.3 Å². The lowest BCUT2D eigenvalue weighted by Gasteiger charge is -2.19. The number of aryl methyl sites for hydroxylation is 1. The molecule has 1 aromatic carbocycles. The molecule has 1 aliphatic heterocycles. The first-order chi connectivity index (χ1) is 13.2. The standard InChI is InChI=1S/C20H20N4O2S/c21-12-17-16-5-1-2-6-19(16)27-20(17)22-13-14-11-15(24(25)26)7-8-18(14)23-9-3-4-10-23/h7-8,11,13H,1-6,9-10H2. The second-order valence-electron chi connectivity index (χ2n) is 6.96. The first-order valence-corrected chi connectivity index (χ1v) is 10.1. The van der Waals surface area contributed by atoms with Crippen molar-refractivity contribution in [2.45, 2.75) is 38.5 Å². The Morgan fingerprint density at radius 1 is 1.22 bits per heavy atom. The largest absolute Gasteiger partial charge is 0.371 e. The summed E-state index contributed by atoms with van der Waals surface area (Å²) in [5, 5.41) is 21.5. The molecule has 0 atom stereocenters. The van der Waals surface area contributed by atoms with E-state index < -0.39 is 0 Å². The van der Waals surface area contributed by atoms with Crippen LogP contribution in [0.25, 0.3) is 0 Å². The molecule has 27 heavy (non-hydrogen) atoms. The Labute approximate surface area is 161 Å².